The maximum Gasteiger partial charge on any atom is 0.337 e. The Morgan fingerprint density at radius 2 is 1.81 bits per heavy atom. The summed E-state index contributed by atoms with van der Waals surface area (Å²) in [5, 5.41) is 11.4. The number of halogens is 1. The number of anilines is 2. The highest BCUT2D eigenvalue weighted by Crippen LogP contribution is 2.21. The lowest BCUT2D eigenvalue weighted by Gasteiger charge is -2.10. The Morgan fingerprint density at radius 3 is 2.43 bits per heavy atom. The number of rotatable bonds is 3. The number of benzene rings is 2. The number of carbonyl (C=O) groups is 2. The van der Waals surface area contributed by atoms with Gasteiger partial charge in [-0.1, -0.05) is 6.07 Å². The average molecular weight is 288 g/mol. The first kappa shape index (κ1) is 14.5. The molecule has 0 fully saturated rings. The third-order valence-electron chi connectivity index (χ3n) is 2.89. The molecule has 6 heteroatoms. The van der Waals surface area contributed by atoms with Crippen molar-refractivity contribution in [2.24, 2.45) is 0 Å². The molecule has 0 unspecified atom stereocenters. The van der Waals surface area contributed by atoms with E-state index in [2.05, 4.69) is 5.32 Å². The number of nitrogen functional groups attached to an aromatic ring is 1. The van der Waals surface area contributed by atoms with E-state index in [-0.39, 0.29) is 16.8 Å². The highest BCUT2D eigenvalue weighted by molar-refractivity contribution is 6.08. The van der Waals surface area contributed by atoms with E-state index in [0.717, 1.165) is 0 Å². The Bertz CT molecular complexity index is 729. The van der Waals surface area contributed by atoms with E-state index in [1.807, 2.05) is 0 Å². The number of aryl methyl sites for hydroxylation is 1. The zero-order valence-corrected chi connectivity index (χ0v) is 11.2. The number of amides is 1. The number of carbonyl (C=O) groups excluding carboxylic acids is 1. The van der Waals surface area contributed by atoms with Gasteiger partial charge in [0.15, 0.2) is 0 Å². The summed E-state index contributed by atoms with van der Waals surface area (Å²) in [5.74, 6) is -2.62. The lowest BCUT2D eigenvalue weighted by molar-refractivity contribution is 0.0698. The van der Waals surface area contributed by atoms with Crippen molar-refractivity contribution in [2.45, 2.75) is 6.92 Å². The van der Waals surface area contributed by atoms with E-state index in [4.69, 9.17) is 10.8 Å². The largest absolute Gasteiger partial charge is 0.478 e. The van der Waals surface area contributed by atoms with Gasteiger partial charge in [0.1, 0.15) is 5.82 Å². The van der Waals surface area contributed by atoms with Crippen molar-refractivity contribution in [3.8, 4) is 0 Å². The van der Waals surface area contributed by atoms with Gasteiger partial charge in [-0.3, -0.25) is 4.79 Å². The van der Waals surface area contributed by atoms with E-state index >= 15 is 0 Å². The molecule has 0 radical (unpaired) electrons. The molecule has 0 aromatic heterocycles. The first-order valence-electron chi connectivity index (χ1n) is 6.09. The van der Waals surface area contributed by atoms with Crippen molar-refractivity contribution in [1.29, 1.82) is 0 Å². The standard InChI is InChI=1S/C15H13FN2O3/c1-8-2-4-10(12(16)6-8)14(19)18-13-7-9(17)3-5-11(13)15(20)21/h2-7H,17H2,1H3,(H,18,19)(H,20,21). The molecular formula is C15H13FN2O3. The van der Waals surface area contributed by atoms with E-state index in [1.54, 1.807) is 13.0 Å². The van der Waals surface area contributed by atoms with Gasteiger partial charge in [0, 0.05) is 5.69 Å². The van der Waals surface area contributed by atoms with Gasteiger partial charge in [0.2, 0.25) is 0 Å². The maximum absolute atomic E-state index is 13.7. The number of nitrogens with two attached hydrogens (primary N) is 1. The summed E-state index contributed by atoms with van der Waals surface area (Å²) in [7, 11) is 0. The molecule has 21 heavy (non-hydrogen) atoms. The summed E-state index contributed by atoms with van der Waals surface area (Å²) in [6, 6.07) is 8.16. The molecular weight excluding hydrogens is 275 g/mol. The van der Waals surface area contributed by atoms with Crippen LogP contribution < -0.4 is 11.1 Å². The highest BCUT2D eigenvalue weighted by atomic mass is 19.1. The zero-order valence-electron chi connectivity index (χ0n) is 11.2. The average Bonchev–Trinajstić information content (AvgIpc) is 2.37. The van der Waals surface area contributed by atoms with Crippen LogP contribution in [0.15, 0.2) is 36.4 Å². The second-order valence-corrected chi connectivity index (χ2v) is 4.55. The van der Waals surface area contributed by atoms with Gasteiger partial charge in [-0.25, -0.2) is 9.18 Å². The fraction of sp³-hybridized carbons (Fsp3) is 0.0667. The molecule has 2 aromatic rings. The topological polar surface area (TPSA) is 92.4 Å². The third kappa shape index (κ3) is 3.17. The first-order chi connectivity index (χ1) is 9.88. The van der Waals surface area contributed by atoms with Crippen molar-refractivity contribution < 1.29 is 19.1 Å². The van der Waals surface area contributed by atoms with Crippen LogP contribution in [0, 0.1) is 12.7 Å². The summed E-state index contributed by atoms with van der Waals surface area (Å²) >= 11 is 0. The summed E-state index contributed by atoms with van der Waals surface area (Å²) < 4.78 is 13.7. The number of carboxylic acid groups (broad SMARTS) is 1. The number of hydrogen-bond acceptors (Lipinski definition) is 3. The van der Waals surface area contributed by atoms with Gasteiger partial charge in [-0.15, -0.1) is 0 Å². The predicted octanol–water partition coefficient (Wildman–Crippen LogP) is 2.67. The molecule has 5 nitrogen and oxygen atoms in total. The smallest absolute Gasteiger partial charge is 0.337 e. The zero-order chi connectivity index (χ0) is 15.6. The number of carboxylic acids is 1. The molecule has 2 rings (SSSR count). The fourth-order valence-electron chi connectivity index (χ4n) is 1.85. The minimum atomic E-state index is -1.21. The third-order valence-corrected chi connectivity index (χ3v) is 2.89. The Morgan fingerprint density at radius 1 is 1.14 bits per heavy atom. The molecule has 0 atom stereocenters. The molecule has 0 saturated carbocycles. The molecule has 0 bridgehead atoms. The quantitative estimate of drug-likeness (QED) is 0.757. The van der Waals surface area contributed by atoms with E-state index in [1.165, 1.54) is 30.3 Å². The molecule has 0 aliphatic rings. The molecule has 2 aromatic carbocycles. The molecule has 1 amide bonds. The van der Waals surface area contributed by atoms with Gasteiger partial charge in [0.05, 0.1) is 16.8 Å². The number of aromatic carboxylic acids is 1. The minimum Gasteiger partial charge on any atom is -0.478 e. The van der Waals surface area contributed by atoms with Gasteiger partial charge < -0.3 is 16.2 Å². The van der Waals surface area contributed by atoms with Crippen LogP contribution in [0.5, 0.6) is 0 Å². The van der Waals surface area contributed by atoms with Crippen LogP contribution in [0.3, 0.4) is 0 Å². The minimum absolute atomic E-state index is 0.0208. The van der Waals surface area contributed by atoms with Crippen LogP contribution in [0.1, 0.15) is 26.3 Å². The Hall–Kier alpha value is -2.89. The molecule has 0 aliphatic carbocycles. The van der Waals surface area contributed by atoms with Crippen LogP contribution >= 0.6 is 0 Å². The van der Waals surface area contributed by atoms with Crippen molar-refractivity contribution in [1.82, 2.24) is 0 Å². The van der Waals surface area contributed by atoms with Crippen LogP contribution in [0.2, 0.25) is 0 Å². The maximum atomic E-state index is 13.7. The monoisotopic (exact) mass is 288 g/mol. The van der Waals surface area contributed by atoms with E-state index in [0.29, 0.717) is 11.3 Å². The van der Waals surface area contributed by atoms with Gasteiger partial charge >= 0.3 is 5.97 Å². The fourth-order valence-corrected chi connectivity index (χ4v) is 1.85. The lowest BCUT2D eigenvalue weighted by Crippen LogP contribution is -2.16. The lowest BCUT2D eigenvalue weighted by atomic mass is 10.1. The van der Waals surface area contributed by atoms with Gasteiger partial charge in [-0.2, -0.15) is 0 Å². The Balaban J connectivity index is 2.35. The van der Waals surface area contributed by atoms with Crippen LogP contribution in [-0.2, 0) is 0 Å². The normalized spacial score (nSPS) is 10.2. The first-order valence-corrected chi connectivity index (χ1v) is 6.09. The van der Waals surface area contributed by atoms with Crippen molar-refractivity contribution in [3.05, 3.63) is 58.9 Å². The summed E-state index contributed by atoms with van der Waals surface area (Å²) in [5.41, 5.74) is 6.28. The predicted molar refractivity (Wildman–Crippen MR) is 76.9 cm³/mol. The van der Waals surface area contributed by atoms with Crippen molar-refractivity contribution in [2.75, 3.05) is 11.1 Å². The summed E-state index contributed by atoms with van der Waals surface area (Å²) in [4.78, 5) is 23.1. The number of nitrogens with one attached hydrogen (secondary N) is 1. The highest BCUT2D eigenvalue weighted by Gasteiger charge is 2.16. The molecule has 108 valence electrons. The summed E-state index contributed by atoms with van der Waals surface area (Å²) in [6.45, 7) is 1.70. The van der Waals surface area contributed by atoms with Gasteiger partial charge in [0.25, 0.3) is 5.91 Å². The van der Waals surface area contributed by atoms with E-state index < -0.39 is 17.7 Å². The Labute approximate surface area is 120 Å². The van der Waals surface area contributed by atoms with Gasteiger partial charge in [-0.05, 0) is 42.8 Å². The van der Waals surface area contributed by atoms with E-state index in [9.17, 15) is 14.0 Å². The van der Waals surface area contributed by atoms with Crippen molar-refractivity contribution >= 4 is 23.3 Å². The summed E-state index contributed by atoms with van der Waals surface area (Å²) in [6.07, 6.45) is 0. The second-order valence-electron chi connectivity index (χ2n) is 4.55. The van der Waals surface area contributed by atoms with Crippen molar-refractivity contribution in [3.63, 3.8) is 0 Å². The molecule has 0 spiro atoms. The molecule has 0 saturated heterocycles. The van der Waals surface area contributed by atoms with Crippen LogP contribution in [0.4, 0.5) is 15.8 Å². The second kappa shape index (κ2) is 5.62. The molecule has 0 aliphatic heterocycles. The SMILES string of the molecule is Cc1ccc(C(=O)Nc2cc(N)ccc2C(=O)O)c(F)c1. The Kier molecular flexibility index (Phi) is 3.89. The molecule has 4 N–H and O–H groups in total. The van der Waals surface area contributed by atoms with Crippen LogP contribution in [0.25, 0.3) is 0 Å². The number of hydrogen-bond donors (Lipinski definition) is 3. The van der Waals surface area contributed by atoms with Crippen LogP contribution in [-0.4, -0.2) is 17.0 Å². The molecule has 0 heterocycles.